The molecule has 3 rings (SSSR count). The molecule has 4 nitrogen and oxygen atoms in total. The molecule has 0 aliphatic rings. The minimum absolute atomic E-state index is 0.341. The van der Waals surface area contributed by atoms with Gasteiger partial charge < -0.3 is 14.8 Å². The lowest BCUT2D eigenvalue weighted by molar-refractivity contribution is 0.439. The molecule has 0 unspecified atom stereocenters. The third-order valence-corrected chi connectivity index (χ3v) is 3.27. The number of hydrogen-bond acceptors (Lipinski definition) is 3. The van der Waals surface area contributed by atoms with Crippen molar-refractivity contribution in [2.45, 2.75) is 13.3 Å². The molecule has 1 aromatic carbocycles. The number of nitrogens with two attached hydrogens (primary N) is 1. The van der Waals surface area contributed by atoms with E-state index in [1.54, 1.807) is 6.07 Å². The van der Waals surface area contributed by atoms with Crippen LogP contribution in [0.15, 0.2) is 35.0 Å². The Balaban J connectivity index is 2.28. The molecule has 0 bridgehead atoms. The van der Waals surface area contributed by atoms with E-state index in [1.807, 2.05) is 7.05 Å². The van der Waals surface area contributed by atoms with Gasteiger partial charge in [-0.2, -0.15) is 0 Å². The number of benzene rings is 1. The summed E-state index contributed by atoms with van der Waals surface area (Å²) in [6.45, 7) is 2.15. The first-order chi connectivity index (χ1) is 8.69. The van der Waals surface area contributed by atoms with Crippen LogP contribution in [-0.2, 0) is 13.5 Å². The quantitative estimate of drug-likeness (QED) is 0.750. The Labute approximate surface area is 105 Å². The lowest BCUT2D eigenvalue weighted by Gasteiger charge is -1.99. The largest absolute Gasteiger partial charge is 0.368 e. The molecule has 2 heterocycles. The summed E-state index contributed by atoms with van der Waals surface area (Å²) in [5, 5.41) is 5.18. The molecule has 18 heavy (non-hydrogen) atoms. The maximum Gasteiger partial charge on any atom is 0.222 e. The van der Waals surface area contributed by atoms with Gasteiger partial charge in [0.2, 0.25) is 5.88 Å². The van der Waals surface area contributed by atoms with Crippen molar-refractivity contribution < 1.29 is 4.52 Å². The molecule has 2 aromatic heterocycles. The molecule has 0 radical (unpaired) electrons. The van der Waals surface area contributed by atoms with Crippen LogP contribution in [0.3, 0.4) is 0 Å². The van der Waals surface area contributed by atoms with Gasteiger partial charge in [-0.25, -0.2) is 0 Å². The van der Waals surface area contributed by atoms with Crippen LogP contribution >= 0.6 is 0 Å². The van der Waals surface area contributed by atoms with Crippen molar-refractivity contribution in [3.63, 3.8) is 0 Å². The molecule has 0 saturated carbocycles. The summed E-state index contributed by atoms with van der Waals surface area (Å²) < 4.78 is 7.04. The second-order valence-corrected chi connectivity index (χ2v) is 4.47. The third kappa shape index (κ3) is 1.57. The number of rotatable bonds is 2. The maximum atomic E-state index is 5.59. The molecule has 4 heteroatoms. The number of anilines is 1. The van der Waals surface area contributed by atoms with E-state index in [9.17, 15) is 0 Å². The summed E-state index contributed by atoms with van der Waals surface area (Å²) in [5.74, 6) is 0.341. The fraction of sp³-hybridized carbons (Fsp3) is 0.214. The van der Waals surface area contributed by atoms with Gasteiger partial charge in [-0.15, -0.1) is 0 Å². The summed E-state index contributed by atoms with van der Waals surface area (Å²) in [4.78, 5) is 0. The lowest BCUT2D eigenvalue weighted by Crippen LogP contribution is -1.84. The van der Waals surface area contributed by atoms with Crippen LogP contribution in [0.2, 0.25) is 0 Å². The minimum Gasteiger partial charge on any atom is -0.368 e. The average molecular weight is 241 g/mol. The van der Waals surface area contributed by atoms with Crippen LogP contribution in [0.1, 0.15) is 12.5 Å². The van der Waals surface area contributed by atoms with Gasteiger partial charge in [0.15, 0.2) is 0 Å². The summed E-state index contributed by atoms with van der Waals surface area (Å²) in [6.07, 6.45) is 3.08. The lowest BCUT2D eigenvalue weighted by atomic mass is 10.1. The van der Waals surface area contributed by atoms with Gasteiger partial charge in [0, 0.05) is 35.8 Å². The zero-order valence-electron chi connectivity index (χ0n) is 10.5. The van der Waals surface area contributed by atoms with Crippen molar-refractivity contribution in [2.75, 3.05) is 5.73 Å². The minimum atomic E-state index is 0.341. The molecule has 0 aliphatic heterocycles. The number of nitrogen functional groups attached to an aromatic ring is 1. The van der Waals surface area contributed by atoms with Crippen LogP contribution in [-0.4, -0.2) is 9.72 Å². The van der Waals surface area contributed by atoms with E-state index in [2.05, 4.69) is 41.0 Å². The second-order valence-electron chi connectivity index (χ2n) is 4.47. The molecule has 0 atom stereocenters. The van der Waals surface area contributed by atoms with Gasteiger partial charge in [0.25, 0.3) is 0 Å². The number of nitrogens with zero attached hydrogens (tertiary/aromatic N) is 2. The molecule has 92 valence electrons. The Morgan fingerprint density at radius 3 is 2.83 bits per heavy atom. The predicted octanol–water partition coefficient (Wildman–Crippen LogP) is 2.98. The van der Waals surface area contributed by atoms with E-state index in [0.29, 0.717) is 5.88 Å². The highest BCUT2D eigenvalue weighted by Crippen LogP contribution is 2.31. The van der Waals surface area contributed by atoms with Crippen LogP contribution < -0.4 is 5.73 Å². The zero-order chi connectivity index (χ0) is 12.7. The highest BCUT2D eigenvalue weighted by atomic mass is 16.5. The van der Waals surface area contributed by atoms with Crippen molar-refractivity contribution in [3.05, 3.63) is 36.0 Å². The first-order valence-electron chi connectivity index (χ1n) is 5.99. The predicted molar refractivity (Wildman–Crippen MR) is 72.2 cm³/mol. The Morgan fingerprint density at radius 1 is 1.33 bits per heavy atom. The summed E-state index contributed by atoms with van der Waals surface area (Å²) >= 11 is 0. The highest BCUT2D eigenvalue weighted by Gasteiger charge is 2.12. The van der Waals surface area contributed by atoms with Crippen LogP contribution in [0.25, 0.3) is 22.2 Å². The molecule has 0 amide bonds. The third-order valence-electron chi connectivity index (χ3n) is 3.27. The number of aromatic nitrogens is 2. The van der Waals surface area contributed by atoms with E-state index in [-0.39, 0.29) is 0 Å². The van der Waals surface area contributed by atoms with Crippen molar-refractivity contribution in [2.24, 2.45) is 7.05 Å². The average Bonchev–Trinajstić information content (AvgIpc) is 2.93. The molecule has 0 saturated heterocycles. The van der Waals surface area contributed by atoms with Crippen LogP contribution in [0.4, 0.5) is 5.88 Å². The van der Waals surface area contributed by atoms with Crippen LogP contribution in [0.5, 0.6) is 0 Å². The molecule has 2 N–H and O–H groups in total. The molecular weight excluding hydrogens is 226 g/mol. The smallest absolute Gasteiger partial charge is 0.222 e. The van der Waals surface area contributed by atoms with E-state index in [4.69, 9.17) is 10.3 Å². The Hall–Kier alpha value is -2.23. The van der Waals surface area contributed by atoms with Gasteiger partial charge in [0.1, 0.15) is 5.69 Å². The number of aryl methyl sites for hydroxylation is 2. The van der Waals surface area contributed by atoms with Crippen molar-refractivity contribution in [1.82, 2.24) is 9.72 Å². The molecule has 0 fully saturated rings. The van der Waals surface area contributed by atoms with E-state index in [0.717, 1.165) is 17.7 Å². The van der Waals surface area contributed by atoms with Gasteiger partial charge >= 0.3 is 0 Å². The SMILES string of the molecule is CCc1ccc2c(c1)c(-c1cc(N)on1)cn2C. The van der Waals surface area contributed by atoms with Gasteiger partial charge in [-0.05, 0) is 24.1 Å². The molecular formula is C14H15N3O. The topological polar surface area (TPSA) is 57.0 Å². The normalized spacial score (nSPS) is 11.2. The van der Waals surface area contributed by atoms with E-state index < -0.39 is 0 Å². The molecule has 3 aromatic rings. The highest BCUT2D eigenvalue weighted by molar-refractivity contribution is 5.95. The maximum absolute atomic E-state index is 5.59. The van der Waals surface area contributed by atoms with E-state index >= 15 is 0 Å². The summed E-state index contributed by atoms with van der Waals surface area (Å²) in [5.41, 5.74) is 9.92. The molecule has 0 spiro atoms. The monoisotopic (exact) mass is 241 g/mol. The Bertz CT molecular complexity index is 709. The van der Waals surface area contributed by atoms with Gasteiger partial charge in [-0.1, -0.05) is 18.1 Å². The van der Waals surface area contributed by atoms with Crippen LogP contribution in [0, 0.1) is 0 Å². The summed E-state index contributed by atoms with van der Waals surface area (Å²) in [6, 6.07) is 8.26. The first kappa shape index (κ1) is 10.9. The summed E-state index contributed by atoms with van der Waals surface area (Å²) in [7, 11) is 2.03. The number of fused-ring (bicyclic) bond motifs is 1. The standard InChI is InChI=1S/C14H15N3O/c1-3-9-4-5-13-10(6-9)11(8-17(13)2)12-7-14(15)18-16-12/h4-8H,3,15H2,1-2H3. The fourth-order valence-electron chi connectivity index (χ4n) is 2.28. The zero-order valence-corrected chi connectivity index (χ0v) is 10.5. The van der Waals surface area contributed by atoms with E-state index in [1.165, 1.54) is 16.5 Å². The van der Waals surface area contributed by atoms with Crippen molar-refractivity contribution in [1.29, 1.82) is 0 Å². The Kier molecular flexibility index (Phi) is 2.37. The van der Waals surface area contributed by atoms with Crippen molar-refractivity contribution in [3.8, 4) is 11.3 Å². The Morgan fingerprint density at radius 2 is 2.17 bits per heavy atom. The molecule has 0 aliphatic carbocycles. The first-order valence-corrected chi connectivity index (χ1v) is 5.99. The van der Waals surface area contributed by atoms with Gasteiger partial charge in [-0.3, -0.25) is 0 Å². The fourth-order valence-corrected chi connectivity index (χ4v) is 2.28. The van der Waals surface area contributed by atoms with Gasteiger partial charge in [0.05, 0.1) is 0 Å². The second kappa shape index (κ2) is 3.91. The number of hydrogen-bond donors (Lipinski definition) is 1. The van der Waals surface area contributed by atoms with Crippen molar-refractivity contribution >= 4 is 16.8 Å².